The average Bonchev–Trinajstić information content (AvgIpc) is 2.86. The van der Waals surface area contributed by atoms with Gasteiger partial charge in [-0.05, 0) is 57.4 Å². The highest BCUT2D eigenvalue weighted by molar-refractivity contribution is 5.98. The van der Waals surface area contributed by atoms with Gasteiger partial charge in [-0.2, -0.15) is 9.97 Å². The number of amides is 1. The normalized spacial score (nSPS) is 11.6. The van der Waals surface area contributed by atoms with Crippen molar-refractivity contribution in [1.29, 1.82) is 0 Å². The molecule has 2 heterocycles. The predicted octanol–water partition coefficient (Wildman–Crippen LogP) is 1.84. The summed E-state index contributed by atoms with van der Waals surface area (Å²) >= 11 is 0. The van der Waals surface area contributed by atoms with Gasteiger partial charge in [-0.15, -0.1) is 0 Å². The summed E-state index contributed by atoms with van der Waals surface area (Å²) in [6.07, 6.45) is 1.64. The Morgan fingerprint density at radius 3 is 2.33 bits per heavy atom. The Hall–Kier alpha value is -4.55. The number of carbonyl (C=O) groups excluding carboxylic acids is 3. The van der Waals surface area contributed by atoms with E-state index >= 15 is 0 Å². The number of rotatable bonds is 11. The molecular weight excluding hydrogens is 504 g/mol. The molecule has 208 valence electrons. The van der Waals surface area contributed by atoms with Gasteiger partial charge in [0.1, 0.15) is 6.04 Å². The van der Waals surface area contributed by atoms with E-state index in [0.717, 1.165) is 16.8 Å². The maximum absolute atomic E-state index is 13.1. The predicted molar refractivity (Wildman–Crippen MR) is 146 cm³/mol. The molecule has 0 aliphatic carbocycles. The third-order valence-corrected chi connectivity index (χ3v) is 5.85. The van der Waals surface area contributed by atoms with Crippen LogP contribution in [0.5, 0.6) is 0 Å². The lowest BCUT2D eigenvalue weighted by Gasteiger charge is -2.24. The van der Waals surface area contributed by atoms with E-state index in [4.69, 9.17) is 20.9 Å². The zero-order chi connectivity index (χ0) is 28.7. The Kier molecular flexibility index (Phi) is 9.52. The van der Waals surface area contributed by atoms with E-state index in [0.29, 0.717) is 29.0 Å². The molecule has 2 aromatic heterocycles. The number of hydrogen-bond donors (Lipinski definition) is 3. The van der Waals surface area contributed by atoms with Crippen LogP contribution in [-0.4, -0.2) is 64.1 Å². The number of nitrogens with two attached hydrogens (primary N) is 2. The smallest absolute Gasteiger partial charge is 0.328 e. The summed E-state index contributed by atoms with van der Waals surface area (Å²) in [6.45, 7) is 7.94. The molecule has 0 fully saturated rings. The highest BCUT2D eigenvalue weighted by atomic mass is 16.5. The summed E-state index contributed by atoms with van der Waals surface area (Å²) in [4.78, 5) is 56.1. The Bertz CT molecular complexity index is 1360. The number of ether oxygens (including phenoxy) is 2. The summed E-state index contributed by atoms with van der Waals surface area (Å²) in [6, 6.07) is 2.49. The molecule has 1 amide bonds. The highest BCUT2D eigenvalue weighted by Gasteiger charge is 2.25. The molecule has 0 unspecified atom stereocenters. The molecule has 0 spiro atoms. The van der Waals surface area contributed by atoms with Crippen LogP contribution in [-0.2, 0) is 25.6 Å². The molecule has 0 saturated carbocycles. The number of anilines is 3. The lowest BCUT2D eigenvalue weighted by molar-refractivity contribution is -0.146. The molecule has 5 N–H and O–H groups in total. The van der Waals surface area contributed by atoms with Crippen molar-refractivity contribution in [3.63, 3.8) is 0 Å². The van der Waals surface area contributed by atoms with Crippen LogP contribution in [0.25, 0.3) is 11.2 Å². The lowest BCUT2D eigenvalue weighted by Crippen LogP contribution is -2.42. The monoisotopic (exact) mass is 538 g/mol. The minimum atomic E-state index is -0.983. The van der Waals surface area contributed by atoms with Crippen molar-refractivity contribution in [2.45, 2.75) is 53.1 Å². The van der Waals surface area contributed by atoms with Crippen molar-refractivity contribution in [3.8, 4) is 0 Å². The fourth-order valence-electron chi connectivity index (χ4n) is 4.30. The molecule has 3 rings (SSSR count). The van der Waals surface area contributed by atoms with Crippen molar-refractivity contribution in [2.24, 2.45) is 0 Å². The minimum absolute atomic E-state index is 0.0256. The lowest BCUT2D eigenvalue weighted by atomic mass is 10.0. The van der Waals surface area contributed by atoms with Crippen LogP contribution in [0, 0.1) is 13.8 Å². The molecular formula is C26H34N8O5. The van der Waals surface area contributed by atoms with Crippen LogP contribution < -0.4 is 21.7 Å². The number of carbonyl (C=O) groups is 3. The molecule has 1 atom stereocenters. The number of fused-ring (bicyclic) bond motifs is 1. The summed E-state index contributed by atoms with van der Waals surface area (Å²) < 4.78 is 10.0. The second-order valence-corrected chi connectivity index (χ2v) is 8.94. The van der Waals surface area contributed by atoms with Crippen LogP contribution in [0.2, 0.25) is 0 Å². The van der Waals surface area contributed by atoms with Gasteiger partial charge in [0, 0.05) is 24.7 Å². The molecule has 0 aliphatic rings. The standard InChI is InChI=1S/C26H34N8O5/c1-6-38-19(35)9-8-18(25(37)39-7-2)31-24(36)16-10-14(3)21(15(4)11-16)34(5)13-17-12-29-23-20(30-17)22(27)32-26(28)33-23/h10-12,18H,6-9,13H2,1-5H3,(H,31,36)(H4,27,28,29,32,33)/t18-/m0/s1. The molecule has 39 heavy (non-hydrogen) atoms. The molecule has 13 nitrogen and oxygen atoms in total. The number of nitrogen functional groups attached to an aromatic ring is 2. The topological polar surface area (TPSA) is 189 Å². The Morgan fingerprint density at radius 1 is 1.03 bits per heavy atom. The SMILES string of the molecule is CCOC(=O)CC[C@H](NC(=O)c1cc(C)c(N(C)Cc2cnc3nc(N)nc(N)c3n2)c(C)c1)C(=O)OCC. The number of benzene rings is 1. The number of nitrogens with zero attached hydrogens (tertiary/aromatic N) is 5. The number of esters is 2. The van der Waals surface area contributed by atoms with Gasteiger partial charge < -0.3 is 31.2 Å². The quantitative estimate of drug-likeness (QED) is 0.301. The first-order chi connectivity index (χ1) is 18.5. The van der Waals surface area contributed by atoms with Crippen molar-refractivity contribution in [2.75, 3.05) is 36.6 Å². The molecule has 1 aromatic carbocycles. The first-order valence-corrected chi connectivity index (χ1v) is 12.5. The maximum atomic E-state index is 13.1. The van der Waals surface area contributed by atoms with E-state index in [-0.39, 0.29) is 37.8 Å². The van der Waals surface area contributed by atoms with Crippen LogP contribution in [0.1, 0.15) is 53.9 Å². The second-order valence-electron chi connectivity index (χ2n) is 8.94. The second kappa shape index (κ2) is 12.8. The third-order valence-electron chi connectivity index (χ3n) is 5.85. The molecule has 0 aliphatic heterocycles. The fraction of sp³-hybridized carbons (Fsp3) is 0.423. The van der Waals surface area contributed by atoms with E-state index in [2.05, 4.69) is 25.3 Å². The van der Waals surface area contributed by atoms with E-state index in [9.17, 15) is 14.4 Å². The molecule has 0 saturated heterocycles. The number of nitrogens with one attached hydrogen (secondary N) is 1. The van der Waals surface area contributed by atoms with Crippen molar-refractivity contribution in [1.82, 2.24) is 25.3 Å². The summed E-state index contributed by atoms with van der Waals surface area (Å²) in [5.41, 5.74) is 15.9. The maximum Gasteiger partial charge on any atom is 0.328 e. The van der Waals surface area contributed by atoms with E-state index in [1.807, 2.05) is 25.8 Å². The van der Waals surface area contributed by atoms with Crippen LogP contribution in [0.15, 0.2) is 18.3 Å². The average molecular weight is 539 g/mol. The van der Waals surface area contributed by atoms with Gasteiger partial charge >= 0.3 is 11.9 Å². The van der Waals surface area contributed by atoms with Gasteiger partial charge in [0.2, 0.25) is 5.95 Å². The van der Waals surface area contributed by atoms with Crippen LogP contribution in [0.4, 0.5) is 17.5 Å². The van der Waals surface area contributed by atoms with E-state index in [1.165, 1.54) is 0 Å². The number of aryl methyl sites for hydroxylation is 2. The summed E-state index contributed by atoms with van der Waals surface area (Å²) in [5, 5.41) is 2.70. The van der Waals surface area contributed by atoms with Crippen LogP contribution in [0.3, 0.4) is 0 Å². The first kappa shape index (κ1) is 29.0. The first-order valence-electron chi connectivity index (χ1n) is 12.5. The fourth-order valence-corrected chi connectivity index (χ4v) is 4.30. The van der Waals surface area contributed by atoms with Gasteiger partial charge in [-0.25, -0.2) is 14.8 Å². The number of hydrogen-bond acceptors (Lipinski definition) is 12. The molecule has 0 bridgehead atoms. The molecule has 0 radical (unpaired) electrons. The van der Waals surface area contributed by atoms with Gasteiger partial charge in [-0.1, -0.05) is 0 Å². The Morgan fingerprint density at radius 2 is 1.69 bits per heavy atom. The molecule has 13 heteroatoms. The van der Waals surface area contributed by atoms with Gasteiger partial charge in [0.25, 0.3) is 5.91 Å². The Labute approximate surface area is 226 Å². The van der Waals surface area contributed by atoms with Crippen molar-refractivity contribution >= 4 is 46.5 Å². The zero-order valence-corrected chi connectivity index (χ0v) is 22.8. The zero-order valence-electron chi connectivity index (χ0n) is 22.8. The largest absolute Gasteiger partial charge is 0.466 e. The van der Waals surface area contributed by atoms with Crippen molar-refractivity contribution in [3.05, 3.63) is 40.7 Å². The van der Waals surface area contributed by atoms with Gasteiger partial charge in [-0.3, -0.25) is 9.59 Å². The number of aromatic nitrogens is 4. The minimum Gasteiger partial charge on any atom is -0.466 e. The van der Waals surface area contributed by atoms with Crippen molar-refractivity contribution < 1.29 is 23.9 Å². The van der Waals surface area contributed by atoms with E-state index in [1.54, 1.807) is 32.2 Å². The summed E-state index contributed by atoms with van der Waals surface area (Å²) in [5.74, 6) is -1.32. The van der Waals surface area contributed by atoms with Gasteiger partial charge in [0.05, 0.1) is 31.6 Å². The van der Waals surface area contributed by atoms with Crippen LogP contribution >= 0.6 is 0 Å². The van der Waals surface area contributed by atoms with E-state index < -0.39 is 23.9 Å². The highest BCUT2D eigenvalue weighted by Crippen LogP contribution is 2.27. The van der Waals surface area contributed by atoms with Gasteiger partial charge in [0.15, 0.2) is 17.0 Å². The summed E-state index contributed by atoms with van der Waals surface area (Å²) in [7, 11) is 1.90. The molecule has 3 aromatic rings. The Balaban J connectivity index is 1.77. The third kappa shape index (κ3) is 7.27.